The van der Waals surface area contributed by atoms with E-state index in [-0.39, 0.29) is 11.8 Å². The van der Waals surface area contributed by atoms with Crippen molar-refractivity contribution in [2.24, 2.45) is 28.1 Å². The lowest BCUT2D eigenvalue weighted by atomic mass is 9.41. The summed E-state index contributed by atoms with van der Waals surface area (Å²) in [7, 11) is 0. The molecule has 1 spiro atoms. The van der Waals surface area contributed by atoms with Gasteiger partial charge in [-0.1, -0.05) is 19.9 Å². The molecule has 10 rings (SSSR count). The van der Waals surface area contributed by atoms with Crippen molar-refractivity contribution in [3.63, 3.8) is 0 Å². The van der Waals surface area contributed by atoms with Crippen molar-refractivity contribution in [2.75, 3.05) is 39.6 Å². The molecule has 31 unspecified atom stereocenters. The van der Waals surface area contributed by atoms with Crippen molar-refractivity contribution in [1.29, 1.82) is 0 Å². The Kier molecular flexibility index (Phi) is 21.1. The summed E-state index contributed by atoms with van der Waals surface area (Å²) in [6, 6.07) is 0. The standard InChI is InChI=1S/C56H90O32/c1-20-12-55-9-5-28-53(2,7-4-8-54(28,3)52(76)87-50-45(40(73)35(68)26(17-61)81-50)85-48-43(38(71)33(66)24(15-59)79-48)83-30-11-21(63)31(64)22(13-57)77-30)29(55)6-10-56(20,19-55)88-51-46(41(74)36(69)27(18-62)82-51)86-49-44(39(72)34(67)25(16-60)80-49)84-47-42(75)37(70)32(65)23(14-58)78-47/h21-51,57-75H,1,4-19H2,2-3H3/t21?,22?,23?,24?,25?,26?,27?,28?,29-,30?,31?,32?,33?,34?,35?,36?,37?,38?,39?,40?,41?,42?,43?,44?,45?,46?,47?,48?,49?,50?,51?,53+,54+,55+,56?/m0/s1. The minimum absolute atomic E-state index is 0.0945. The summed E-state index contributed by atoms with van der Waals surface area (Å²) in [5.41, 5.74) is -2.92. The molecule has 506 valence electrons. The van der Waals surface area contributed by atoms with Crippen molar-refractivity contribution in [3.05, 3.63) is 12.2 Å². The molecule has 10 fully saturated rings. The van der Waals surface area contributed by atoms with Gasteiger partial charge in [-0.05, 0) is 86.5 Å². The molecular weight excluding hydrogens is 1180 g/mol. The zero-order valence-electron chi connectivity index (χ0n) is 48.7. The van der Waals surface area contributed by atoms with E-state index in [0.29, 0.717) is 63.4 Å². The molecule has 6 heterocycles. The van der Waals surface area contributed by atoms with E-state index in [0.717, 1.165) is 0 Å². The van der Waals surface area contributed by atoms with E-state index in [1.807, 2.05) is 0 Å². The van der Waals surface area contributed by atoms with Gasteiger partial charge in [0.1, 0.15) is 128 Å². The lowest BCUT2D eigenvalue weighted by Crippen LogP contribution is -2.67. The molecule has 0 radical (unpaired) electrons. The Hall–Kier alpha value is -1.99. The summed E-state index contributed by atoms with van der Waals surface area (Å²) in [4.78, 5) is 15.2. The highest BCUT2D eigenvalue weighted by atomic mass is 16.8. The number of hydrogen-bond donors (Lipinski definition) is 19. The average molecular weight is 1280 g/mol. The second-order valence-corrected chi connectivity index (χ2v) is 26.3. The molecule has 0 aromatic heterocycles. The molecule has 0 amide bonds. The zero-order chi connectivity index (χ0) is 63.9. The normalized spacial score (nSPS) is 54.1. The summed E-state index contributed by atoms with van der Waals surface area (Å²) < 4.78 is 72.4. The molecule has 32 nitrogen and oxygen atoms in total. The van der Waals surface area contributed by atoms with Crippen LogP contribution in [0.4, 0.5) is 0 Å². The van der Waals surface area contributed by atoms with Gasteiger partial charge in [-0.15, -0.1) is 0 Å². The number of fused-ring (bicyclic) bond motifs is 3. The van der Waals surface area contributed by atoms with Gasteiger partial charge in [-0.3, -0.25) is 4.79 Å². The predicted octanol–water partition coefficient (Wildman–Crippen LogP) is -8.44. The largest absolute Gasteiger partial charge is 0.432 e. The Bertz CT molecular complexity index is 2360. The van der Waals surface area contributed by atoms with E-state index in [9.17, 15) is 97.0 Å². The summed E-state index contributed by atoms with van der Waals surface area (Å²) in [6.07, 6.45) is -47.1. The van der Waals surface area contributed by atoms with Gasteiger partial charge in [0.15, 0.2) is 37.6 Å². The Labute approximate surface area is 505 Å². The fraction of sp³-hybridized carbons (Fsp3) is 0.946. The van der Waals surface area contributed by atoms with Crippen LogP contribution in [0.2, 0.25) is 0 Å². The van der Waals surface area contributed by atoms with Crippen molar-refractivity contribution < 1.29 is 159 Å². The molecule has 2 bridgehead atoms. The number of aliphatic hydroxyl groups excluding tert-OH is 19. The lowest BCUT2D eigenvalue weighted by Gasteiger charge is -2.64. The maximum absolute atomic E-state index is 15.2. The quantitative estimate of drug-likeness (QED) is 0.0344. The fourth-order valence-electron chi connectivity index (χ4n) is 16.4. The van der Waals surface area contributed by atoms with Crippen molar-refractivity contribution in [1.82, 2.24) is 0 Å². The van der Waals surface area contributed by atoms with E-state index >= 15 is 4.79 Å². The maximum atomic E-state index is 15.2. The fourth-order valence-corrected chi connectivity index (χ4v) is 16.4. The van der Waals surface area contributed by atoms with Crippen molar-refractivity contribution in [3.8, 4) is 0 Å². The van der Waals surface area contributed by atoms with Gasteiger partial charge in [-0.25, -0.2) is 0 Å². The Balaban J connectivity index is 0.871. The van der Waals surface area contributed by atoms with E-state index < -0.39 is 252 Å². The van der Waals surface area contributed by atoms with Gasteiger partial charge in [-0.2, -0.15) is 0 Å². The minimum atomic E-state index is -2.00. The molecule has 6 aliphatic heterocycles. The van der Waals surface area contributed by atoms with Gasteiger partial charge in [0.25, 0.3) is 0 Å². The zero-order valence-corrected chi connectivity index (χ0v) is 48.7. The SMILES string of the molecule is C=C1C[C@@]23CCC4[C@](C)(C(=O)OC5OC(CO)C(O)C(O)C5OC5OC(CO)C(O)C(O)C5OC5CC(O)C(O)C(CO)O5)CCC[C@@]4(C)[C@@H]2CCC1(OC1OC(CO)C(O)C(O)C1OC1OC(CO)C(O)C(O)C1OC1OC(CO)C(O)C(O)C1O)C3. The number of carbonyl (C=O) groups excluding carboxylic acids is 1. The molecule has 10 aliphatic rings. The van der Waals surface area contributed by atoms with Crippen LogP contribution >= 0.6 is 0 Å². The highest BCUT2D eigenvalue weighted by Gasteiger charge is 2.70. The van der Waals surface area contributed by atoms with Crippen LogP contribution < -0.4 is 0 Å². The number of aliphatic hydroxyl groups is 19. The lowest BCUT2D eigenvalue weighted by molar-refractivity contribution is -0.398. The first kappa shape index (κ1) is 68.9. The predicted molar refractivity (Wildman–Crippen MR) is 283 cm³/mol. The molecule has 4 aliphatic carbocycles. The second kappa shape index (κ2) is 27.0. The number of carbonyl (C=O) groups is 1. The average Bonchev–Trinajstić information content (AvgIpc) is 1.46. The maximum Gasteiger partial charge on any atom is 0.314 e. The molecule has 6 saturated heterocycles. The van der Waals surface area contributed by atoms with E-state index in [2.05, 4.69) is 13.5 Å². The molecular formula is C56H90O32. The third-order valence-corrected chi connectivity index (χ3v) is 21.2. The smallest absolute Gasteiger partial charge is 0.314 e. The molecule has 35 atom stereocenters. The topological polar surface area (TPSA) is 512 Å². The van der Waals surface area contributed by atoms with Crippen LogP contribution in [0, 0.1) is 28.1 Å². The van der Waals surface area contributed by atoms with Crippen LogP contribution in [0.3, 0.4) is 0 Å². The van der Waals surface area contributed by atoms with Gasteiger partial charge in [0.05, 0.1) is 56.8 Å². The number of hydrogen-bond acceptors (Lipinski definition) is 32. The third kappa shape index (κ3) is 12.2. The van der Waals surface area contributed by atoms with Gasteiger partial charge in [0, 0.05) is 6.42 Å². The molecule has 0 aromatic carbocycles. The van der Waals surface area contributed by atoms with Crippen LogP contribution in [-0.4, -0.2) is 326 Å². The molecule has 4 saturated carbocycles. The third-order valence-electron chi connectivity index (χ3n) is 21.2. The Morgan fingerprint density at radius 3 is 1.41 bits per heavy atom. The molecule has 32 heteroatoms. The Morgan fingerprint density at radius 1 is 0.466 bits per heavy atom. The van der Waals surface area contributed by atoms with Gasteiger partial charge in [0.2, 0.25) is 6.29 Å². The van der Waals surface area contributed by atoms with Crippen LogP contribution in [0.5, 0.6) is 0 Å². The first-order valence-corrected chi connectivity index (χ1v) is 30.3. The van der Waals surface area contributed by atoms with Gasteiger partial charge >= 0.3 is 5.97 Å². The monoisotopic (exact) mass is 1270 g/mol. The highest BCUT2D eigenvalue weighted by Crippen LogP contribution is 2.74. The summed E-state index contributed by atoms with van der Waals surface area (Å²) in [6.45, 7) is 3.41. The highest BCUT2D eigenvalue weighted by molar-refractivity contribution is 5.77. The number of rotatable bonds is 18. The van der Waals surface area contributed by atoms with E-state index in [4.69, 9.17) is 56.8 Å². The van der Waals surface area contributed by atoms with Crippen LogP contribution in [0.15, 0.2) is 12.2 Å². The summed E-state index contributed by atoms with van der Waals surface area (Å²) in [5, 5.41) is 204. The first-order valence-electron chi connectivity index (χ1n) is 30.3. The number of esters is 1. The van der Waals surface area contributed by atoms with Crippen molar-refractivity contribution in [2.45, 2.75) is 262 Å². The van der Waals surface area contributed by atoms with E-state index in [1.54, 1.807) is 6.92 Å². The number of ether oxygens (including phenoxy) is 12. The molecule has 19 N–H and O–H groups in total. The second-order valence-electron chi connectivity index (χ2n) is 26.3. The summed E-state index contributed by atoms with van der Waals surface area (Å²) in [5.74, 6) is -1.24. The van der Waals surface area contributed by atoms with E-state index in [1.165, 1.54) is 0 Å². The first-order chi connectivity index (χ1) is 41.7. The summed E-state index contributed by atoms with van der Waals surface area (Å²) >= 11 is 0. The molecule has 0 aromatic rings. The van der Waals surface area contributed by atoms with Crippen LogP contribution in [0.1, 0.15) is 78.1 Å². The molecule has 88 heavy (non-hydrogen) atoms. The van der Waals surface area contributed by atoms with Crippen LogP contribution in [-0.2, 0) is 61.6 Å². The Morgan fingerprint density at radius 2 is 0.886 bits per heavy atom. The minimum Gasteiger partial charge on any atom is -0.432 e. The van der Waals surface area contributed by atoms with Gasteiger partial charge < -0.3 is 154 Å². The van der Waals surface area contributed by atoms with Crippen molar-refractivity contribution >= 4 is 5.97 Å². The van der Waals surface area contributed by atoms with Crippen LogP contribution in [0.25, 0.3) is 0 Å².